The van der Waals surface area contributed by atoms with Gasteiger partial charge in [0.25, 0.3) is 5.91 Å². The number of amides is 1. The molecule has 2 rings (SSSR count). The Morgan fingerprint density at radius 3 is 2.31 bits per heavy atom. The molecule has 2 aromatic rings. The highest BCUT2D eigenvalue weighted by Gasteiger charge is 2.26. The largest absolute Gasteiger partial charge is 0.495 e. The first-order chi connectivity index (χ1) is 14.9. The Morgan fingerprint density at radius 2 is 1.72 bits per heavy atom. The van der Waals surface area contributed by atoms with Crippen LogP contribution in [0.5, 0.6) is 5.75 Å². The van der Waals surface area contributed by atoms with E-state index >= 15 is 0 Å². The monoisotopic (exact) mass is 482 g/mol. The van der Waals surface area contributed by atoms with Crippen molar-refractivity contribution in [1.29, 1.82) is 0 Å². The molecule has 0 spiro atoms. The normalized spacial score (nSPS) is 11.7. The van der Waals surface area contributed by atoms with E-state index < -0.39 is 34.0 Å². The lowest BCUT2D eigenvalue weighted by Gasteiger charge is -2.21. The van der Waals surface area contributed by atoms with E-state index in [0.717, 1.165) is 11.6 Å². The summed E-state index contributed by atoms with van der Waals surface area (Å²) >= 11 is 5.84. The summed E-state index contributed by atoms with van der Waals surface area (Å²) in [6.45, 7) is 4.96. The predicted molar refractivity (Wildman–Crippen MR) is 122 cm³/mol. The molecule has 1 amide bonds. The Balaban J connectivity index is 1.97. The number of carbonyl (C=O) groups excluding carboxylic acids is 2. The molecule has 2 N–H and O–H groups in total. The van der Waals surface area contributed by atoms with Crippen molar-refractivity contribution < 1.29 is 27.5 Å². The van der Waals surface area contributed by atoms with E-state index in [0.29, 0.717) is 18.0 Å². The minimum Gasteiger partial charge on any atom is -0.495 e. The van der Waals surface area contributed by atoms with E-state index in [4.69, 9.17) is 21.1 Å². The smallest absolute Gasteiger partial charge is 0.338 e. The molecule has 10 heteroatoms. The van der Waals surface area contributed by atoms with Crippen LogP contribution in [0.15, 0.2) is 47.4 Å². The zero-order valence-electron chi connectivity index (χ0n) is 18.4. The molecule has 2 aromatic carbocycles. The predicted octanol–water partition coefficient (Wildman–Crippen LogP) is 2.94. The topological polar surface area (TPSA) is 111 Å². The maximum Gasteiger partial charge on any atom is 0.338 e. The number of ether oxygens (including phenoxy) is 2. The summed E-state index contributed by atoms with van der Waals surface area (Å²) < 4.78 is 38.1. The van der Waals surface area contributed by atoms with Gasteiger partial charge in [0.15, 0.2) is 6.61 Å². The number of carbonyl (C=O) groups is 2. The second kappa shape index (κ2) is 10.8. The van der Waals surface area contributed by atoms with Crippen LogP contribution >= 0.6 is 11.6 Å². The Hall–Kier alpha value is -2.62. The summed E-state index contributed by atoms with van der Waals surface area (Å²) in [6.07, 6.45) is 0.595. The number of hydrogen-bond donors (Lipinski definition) is 2. The zero-order valence-corrected chi connectivity index (χ0v) is 20.0. The minimum absolute atomic E-state index is 0.0194. The maximum absolute atomic E-state index is 12.7. The van der Waals surface area contributed by atoms with Crippen LogP contribution in [0.25, 0.3) is 0 Å². The summed E-state index contributed by atoms with van der Waals surface area (Å²) in [7, 11) is -2.63. The molecular weight excluding hydrogens is 456 g/mol. The van der Waals surface area contributed by atoms with Gasteiger partial charge < -0.3 is 14.8 Å². The van der Waals surface area contributed by atoms with Gasteiger partial charge in [0.1, 0.15) is 10.6 Å². The van der Waals surface area contributed by atoms with Gasteiger partial charge in [0.2, 0.25) is 10.0 Å². The fraction of sp³-hybridized carbons (Fsp3) is 0.364. The first-order valence-corrected chi connectivity index (χ1v) is 11.7. The molecule has 8 nitrogen and oxygen atoms in total. The number of benzene rings is 2. The summed E-state index contributed by atoms with van der Waals surface area (Å²) in [5.41, 5.74) is 0.251. The van der Waals surface area contributed by atoms with Crippen molar-refractivity contribution in [3.63, 3.8) is 0 Å². The summed E-state index contributed by atoms with van der Waals surface area (Å²) in [4.78, 5) is 24.1. The van der Waals surface area contributed by atoms with Gasteiger partial charge in [-0.05, 0) is 63.1 Å². The van der Waals surface area contributed by atoms with E-state index in [2.05, 4.69) is 10.0 Å². The molecule has 0 radical (unpaired) electrons. The standard InChI is InChI=1S/C22H27ClN2O6S/c1-22(2,3)25-32(28,29)19-13-16(7-10-18(19)30-4)21(27)31-14-20(26)24-12-11-15-5-8-17(23)9-6-15/h5-10,13,25H,11-12,14H2,1-4H3,(H,24,26). The van der Waals surface area contributed by atoms with Gasteiger partial charge in [0, 0.05) is 17.1 Å². The van der Waals surface area contributed by atoms with E-state index in [1.807, 2.05) is 12.1 Å². The number of rotatable bonds is 9. The Labute approximate surface area is 193 Å². The van der Waals surface area contributed by atoms with Crippen LogP contribution in [0.2, 0.25) is 5.02 Å². The van der Waals surface area contributed by atoms with Crippen molar-refractivity contribution in [2.75, 3.05) is 20.3 Å². The highest BCUT2D eigenvalue weighted by atomic mass is 35.5. The average Bonchev–Trinajstić information content (AvgIpc) is 2.71. The van der Waals surface area contributed by atoms with Gasteiger partial charge >= 0.3 is 5.97 Å². The third-order valence-corrected chi connectivity index (χ3v) is 6.14. The lowest BCUT2D eigenvalue weighted by molar-refractivity contribution is -0.124. The molecular formula is C22H27ClN2O6S. The van der Waals surface area contributed by atoms with Crippen LogP contribution in [-0.4, -0.2) is 46.1 Å². The molecule has 0 bridgehead atoms. The fourth-order valence-electron chi connectivity index (χ4n) is 2.73. The number of methoxy groups -OCH3 is 1. The SMILES string of the molecule is COc1ccc(C(=O)OCC(=O)NCCc2ccc(Cl)cc2)cc1S(=O)(=O)NC(C)(C)C. The van der Waals surface area contributed by atoms with E-state index in [1.54, 1.807) is 32.9 Å². The van der Waals surface area contributed by atoms with Crippen LogP contribution in [-0.2, 0) is 26.0 Å². The first-order valence-electron chi connectivity index (χ1n) is 9.81. The average molecular weight is 483 g/mol. The van der Waals surface area contributed by atoms with Crippen LogP contribution in [0.4, 0.5) is 0 Å². The zero-order chi connectivity index (χ0) is 23.9. The maximum atomic E-state index is 12.7. The molecule has 0 fully saturated rings. The van der Waals surface area contributed by atoms with Crippen LogP contribution in [0.3, 0.4) is 0 Å². The number of nitrogens with one attached hydrogen (secondary N) is 2. The van der Waals surface area contributed by atoms with Gasteiger partial charge in [-0.15, -0.1) is 0 Å². The Bertz CT molecular complexity index is 1060. The van der Waals surface area contributed by atoms with Crippen molar-refractivity contribution in [3.05, 3.63) is 58.6 Å². The van der Waals surface area contributed by atoms with E-state index in [1.165, 1.54) is 19.2 Å². The van der Waals surface area contributed by atoms with E-state index in [9.17, 15) is 18.0 Å². The molecule has 174 valence electrons. The number of sulfonamides is 1. The third-order valence-electron chi connectivity index (χ3n) is 4.11. The Morgan fingerprint density at radius 1 is 1.06 bits per heavy atom. The lowest BCUT2D eigenvalue weighted by Crippen LogP contribution is -2.40. The van der Waals surface area contributed by atoms with Crippen molar-refractivity contribution in [3.8, 4) is 5.75 Å². The van der Waals surface area contributed by atoms with E-state index in [-0.39, 0.29) is 16.2 Å². The highest BCUT2D eigenvalue weighted by Crippen LogP contribution is 2.26. The summed E-state index contributed by atoms with van der Waals surface area (Å²) in [6, 6.07) is 11.1. The molecule has 0 aliphatic carbocycles. The number of halogens is 1. The number of esters is 1. The van der Waals surface area contributed by atoms with Crippen LogP contribution in [0.1, 0.15) is 36.7 Å². The molecule has 32 heavy (non-hydrogen) atoms. The first kappa shape index (κ1) is 25.6. The molecule has 0 atom stereocenters. The molecule has 0 unspecified atom stereocenters. The van der Waals surface area contributed by atoms with Crippen LogP contribution in [0, 0.1) is 0 Å². The second-order valence-electron chi connectivity index (χ2n) is 8.02. The van der Waals surface area contributed by atoms with Gasteiger partial charge in [-0.3, -0.25) is 4.79 Å². The quantitative estimate of drug-likeness (QED) is 0.531. The third kappa shape index (κ3) is 7.81. The summed E-state index contributed by atoms with van der Waals surface area (Å²) in [5, 5.41) is 3.29. The fourth-order valence-corrected chi connectivity index (χ4v) is 4.48. The van der Waals surface area contributed by atoms with Crippen molar-refractivity contribution in [2.45, 2.75) is 37.6 Å². The summed E-state index contributed by atoms with van der Waals surface area (Å²) in [5.74, 6) is -1.21. The van der Waals surface area contributed by atoms with Crippen molar-refractivity contribution in [1.82, 2.24) is 10.0 Å². The van der Waals surface area contributed by atoms with Crippen molar-refractivity contribution in [2.24, 2.45) is 0 Å². The lowest BCUT2D eigenvalue weighted by atomic mass is 10.1. The molecule has 0 saturated carbocycles. The number of hydrogen-bond acceptors (Lipinski definition) is 6. The second-order valence-corrected chi connectivity index (χ2v) is 10.1. The van der Waals surface area contributed by atoms with Crippen LogP contribution < -0.4 is 14.8 Å². The molecule has 0 saturated heterocycles. The van der Waals surface area contributed by atoms with Gasteiger partial charge in [-0.25, -0.2) is 17.9 Å². The van der Waals surface area contributed by atoms with Gasteiger partial charge in [0.05, 0.1) is 12.7 Å². The highest BCUT2D eigenvalue weighted by molar-refractivity contribution is 7.89. The minimum atomic E-state index is -3.96. The van der Waals surface area contributed by atoms with Gasteiger partial charge in [-0.1, -0.05) is 23.7 Å². The molecule has 0 aromatic heterocycles. The molecule has 0 aliphatic rings. The van der Waals surface area contributed by atoms with Gasteiger partial charge in [-0.2, -0.15) is 0 Å². The Kier molecular flexibility index (Phi) is 8.65. The van der Waals surface area contributed by atoms with Crippen molar-refractivity contribution >= 4 is 33.5 Å². The molecule has 0 aliphatic heterocycles. The molecule has 0 heterocycles.